The molecule has 2 fully saturated rings. The van der Waals surface area contributed by atoms with Crippen LogP contribution in [0.25, 0.3) is 5.32 Å². The largest absolute Gasteiger partial charge is 1.00 e. The van der Waals surface area contributed by atoms with Gasteiger partial charge in [-0.25, -0.2) is 0 Å². The number of piperidine rings is 1. The summed E-state index contributed by atoms with van der Waals surface area (Å²) in [6, 6.07) is 0.683. The van der Waals surface area contributed by atoms with E-state index in [2.05, 4.69) is 10.2 Å². The molecule has 0 spiro atoms. The topological polar surface area (TPSA) is 17.3 Å². The van der Waals surface area contributed by atoms with E-state index in [1.165, 1.54) is 51.7 Å². The molecule has 0 unspecified atom stereocenters. The fourth-order valence-corrected chi connectivity index (χ4v) is 2.28. The van der Waals surface area contributed by atoms with Crippen molar-refractivity contribution < 1.29 is 18.9 Å². The summed E-state index contributed by atoms with van der Waals surface area (Å²) in [7, 11) is 0. The van der Waals surface area contributed by atoms with Gasteiger partial charge in [0.15, 0.2) is 0 Å². The van der Waals surface area contributed by atoms with E-state index in [0.29, 0.717) is 6.04 Å². The number of rotatable bonds is 2. The Morgan fingerprint density at radius 2 is 1.85 bits per heavy atom. The second-order valence-electron chi connectivity index (χ2n) is 4.06. The first-order chi connectivity index (χ1) is 5.95. The van der Waals surface area contributed by atoms with Gasteiger partial charge in [0.1, 0.15) is 0 Å². The van der Waals surface area contributed by atoms with Gasteiger partial charge in [0.05, 0.1) is 0 Å². The molecule has 1 atom stereocenters. The Morgan fingerprint density at radius 3 is 2.46 bits per heavy atom. The molecule has 0 aromatic heterocycles. The summed E-state index contributed by atoms with van der Waals surface area (Å²) in [6.45, 7) is 5.02. The van der Waals surface area contributed by atoms with Gasteiger partial charge in [0.25, 0.3) is 0 Å². The van der Waals surface area contributed by atoms with E-state index in [4.69, 9.17) is 0 Å². The van der Waals surface area contributed by atoms with Crippen LogP contribution in [0.1, 0.15) is 32.1 Å². The Morgan fingerprint density at radius 1 is 1.08 bits per heavy atom. The van der Waals surface area contributed by atoms with Gasteiger partial charge in [-0.3, -0.25) is 0 Å². The first-order valence-electron chi connectivity index (χ1n) is 5.34. The normalized spacial score (nSPS) is 30.0. The summed E-state index contributed by atoms with van der Waals surface area (Å²) in [6.07, 6.45) is 6.94. The van der Waals surface area contributed by atoms with Crippen molar-refractivity contribution in [3.8, 4) is 0 Å². The maximum Gasteiger partial charge on any atom is 1.00 e. The van der Waals surface area contributed by atoms with Crippen LogP contribution in [0.3, 0.4) is 0 Å². The van der Waals surface area contributed by atoms with Crippen molar-refractivity contribution >= 4 is 0 Å². The molecule has 0 aromatic carbocycles. The molecule has 13 heavy (non-hydrogen) atoms. The van der Waals surface area contributed by atoms with E-state index in [1.807, 2.05) is 0 Å². The van der Waals surface area contributed by atoms with Crippen molar-refractivity contribution in [1.82, 2.24) is 4.90 Å². The summed E-state index contributed by atoms with van der Waals surface area (Å²) < 4.78 is 0. The summed E-state index contributed by atoms with van der Waals surface area (Å²) in [5.74, 6) is 0. The average Bonchev–Trinajstić information content (AvgIpc) is 2.59. The summed E-state index contributed by atoms with van der Waals surface area (Å²) in [4.78, 5) is 2.60. The van der Waals surface area contributed by atoms with Crippen LogP contribution in [0.5, 0.6) is 0 Å². The van der Waals surface area contributed by atoms with Crippen LogP contribution in [-0.4, -0.2) is 37.1 Å². The van der Waals surface area contributed by atoms with Gasteiger partial charge in [0.2, 0.25) is 0 Å². The van der Waals surface area contributed by atoms with Gasteiger partial charge >= 0.3 is 18.9 Å². The Bertz CT molecular complexity index is 129. The summed E-state index contributed by atoms with van der Waals surface area (Å²) in [5.41, 5.74) is 0. The fraction of sp³-hybridized carbons (Fsp3) is 1.00. The third kappa shape index (κ3) is 3.63. The van der Waals surface area contributed by atoms with E-state index >= 15 is 0 Å². The van der Waals surface area contributed by atoms with Crippen LogP contribution in [-0.2, 0) is 0 Å². The van der Waals surface area contributed by atoms with Crippen molar-refractivity contribution in [3.63, 3.8) is 0 Å². The number of nitrogens with zero attached hydrogens (tertiary/aromatic N) is 2. The predicted octanol–water partition coefficient (Wildman–Crippen LogP) is -0.988. The quantitative estimate of drug-likeness (QED) is 0.491. The zero-order valence-corrected chi connectivity index (χ0v) is 8.84. The van der Waals surface area contributed by atoms with Crippen molar-refractivity contribution in [2.45, 2.75) is 38.1 Å². The molecule has 0 aromatic rings. The SMILES string of the molecule is C1CCN(C[C@@H]2CCC[N-]2)CC1.[Li+]. The minimum Gasteiger partial charge on any atom is -0.658 e. The maximum atomic E-state index is 4.59. The molecule has 0 saturated carbocycles. The van der Waals surface area contributed by atoms with E-state index in [-0.39, 0.29) is 18.9 Å². The Kier molecular flexibility index (Phi) is 5.43. The molecule has 2 rings (SSSR count). The van der Waals surface area contributed by atoms with Gasteiger partial charge in [0, 0.05) is 0 Å². The molecule has 0 bridgehead atoms. The third-order valence-electron chi connectivity index (χ3n) is 3.00. The molecule has 70 valence electrons. The minimum absolute atomic E-state index is 0. The molecule has 0 aliphatic carbocycles. The zero-order valence-electron chi connectivity index (χ0n) is 8.84. The second-order valence-corrected chi connectivity index (χ2v) is 4.06. The summed E-state index contributed by atoms with van der Waals surface area (Å²) in [5, 5.41) is 4.59. The average molecular weight is 174 g/mol. The van der Waals surface area contributed by atoms with Gasteiger partial charge in [-0.2, -0.15) is 0 Å². The van der Waals surface area contributed by atoms with Gasteiger partial charge in [-0.1, -0.05) is 19.3 Å². The van der Waals surface area contributed by atoms with Crippen molar-refractivity contribution in [2.75, 3.05) is 26.2 Å². The molecule has 2 heterocycles. The molecule has 0 N–H and O–H groups in total. The first-order valence-corrected chi connectivity index (χ1v) is 5.34. The molecule has 0 amide bonds. The molecule has 2 aliphatic heterocycles. The van der Waals surface area contributed by atoms with Crippen LogP contribution in [0, 0.1) is 0 Å². The van der Waals surface area contributed by atoms with E-state index in [0.717, 1.165) is 6.54 Å². The zero-order chi connectivity index (χ0) is 8.23. The molecular weight excluding hydrogens is 155 g/mol. The van der Waals surface area contributed by atoms with Crippen LogP contribution in [0.15, 0.2) is 0 Å². The van der Waals surface area contributed by atoms with Crippen molar-refractivity contribution in [1.29, 1.82) is 0 Å². The van der Waals surface area contributed by atoms with E-state index < -0.39 is 0 Å². The minimum atomic E-state index is 0. The van der Waals surface area contributed by atoms with E-state index in [9.17, 15) is 0 Å². The Hall–Kier alpha value is 0.517. The number of hydrogen-bond donors (Lipinski definition) is 0. The first kappa shape index (κ1) is 11.6. The molecule has 2 saturated heterocycles. The standard InChI is InChI=1S/C10H19N2.Li/c1-2-7-12(8-3-1)9-10-5-4-6-11-10;/h10H,1-9H2;/q-1;+1/t10-;/m0./s1. The van der Waals surface area contributed by atoms with Gasteiger partial charge in [-0.05, 0) is 32.5 Å². The van der Waals surface area contributed by atoms with Crippen LogP contribution >= 0.6 is 0 Å². The Balaban J connectivity index is 0.000000845. The smallest absolute Gasteiger partial charge is 0.658 e. The Labute approximate surface area is 93.6 Å². The van der Waals surface area contributed by atoms with Crippen LogP contribution < -0.4 is 18.9 Å². The number of hydrogen-bond acceptors (Lipinski definition) is 1. The second kappa shape index (κ2) is 6.09. The molecule has 2 aliphatic rings. The van der Waals surface area contributed by atoms with Crippen LogP contribution in [0.2, 0.25) is 0 Å². The van der Waals surface area contributed by atoms with Crippen molar-refractivity contribution in [3.05, 3.63) is 5.32 Å². The van der Waals surface area contributed by atoms with E-state index in [1.54, 1.807) is 0 Å². The van der Waals surface area contributed by atoms with Crippen molar-refractivity contribution in [2.24, 2.45) is 0 Å². The molecular formula is C10H19LiN2. The monoisotopic (exact) mass is 174 g/mol. The summed E-state index contributed by atoms with van der Waals surface area (Å²) >= 11 is 0. The molecule has 0 radical (unpaired) electrons. The third-order valence-corrected chi connectivity index (χ3v) is 3.00. The fourth-order valence-electron chi connectivity index (χ4n) is 2.28. The number of likely N-dealkylation sites (tertiary alicyclic amines) is 1. The van der Waals surface area contributed by atoms with Crippen LogP contribution in [0.4, 0.5) is 0 Å². The predicted molar refractivity (Wildman–Crippen MR) is 51.5 cm³/mol. The van der Waals surface area contributed by atoms with Gasteiger partial charge in [-0.15, -0.1) is 12.6 Å². The van der Waals surface area contributed by atoms with Gasteiger partial charge < -0.3 is 10.2 Å². The maximum absolute atomic E-state index is 4.59. The molecule has 2 nitrogen and oxygen atoms in total. The molecule has 3 heteroatoms.